The van der Waals surface area contributed by atoms with Crippen LogP contribution in [0.2, 0.25) is 0 Å². The molecule has 0 radical (unpaired) electrons. The minimum atomic E-state index is -0.372. The highest BCUT2D eigenvalue weighted by molar-refractivity contribution is 6.07. The Bertz CT molecular complexity index is 1430. The van der Waals surface area contributed by atoms with E-state index in [0.717, 1.165) is 16.8 Å². The van der Waals surface area contributed by atoms with Crippen LogP contribution in [0.4, 0.5) is 21.5 Å². The van der Waals surface area contributed by atoms with Gasteiger partial charge in [-0.25, -0.2) is 9.82 Å². The third kappa shape index (κ3) is 4.40. The summed E-state index contributed by atoms with van der Waals surface area (Å²) in [6.07, 6.45) is 1.79. The summed E-state index contributed by atoms with van der Waals surface area (Å²) in [7, 11) is 1.77. The Kier molecular flexibility index (Phi) is 6.30. The van der Waals surface area contributed by atoms with Gasteiger partial charge in [-0.3, -0.25) is 14.5 Å². The predicted molar refractivity (Wildman–Crippen MR) is 145 cm³/mol. The van der Waals surface area contributed by atoms with Gasteiger partial charge in [-0.05, 0) is 47.5 Å². The van der Waals surface area contributed by atoms with Crippen LogP contribution in [0.15, 0.2) is 78.5 Å². The third-order valence-electron chi connectivity index (χ3n) is 7.45. The summed E-state index contributed by atoms with van der Waals surface area (Å²) < 4.78 is 15.2. The van der Waals surface area contributed by atoms with Crippen molar-refractivity contribution in [2.75, 3.05) is 55.3 Å². The average molecular weight is 513 g/mol. The molecule has 3 aromatic carbocycles. The summed E-state index contributed by atoms with van der Waals surface area (Å²) in [5.74, 6) is -0.756. The van der Waals surface area contributed by atoms with Gasteiger partial charge in [0.05, 0.1) is 11.7 Å². The Hall–Kier alpha value is -4.21. The van der Waals surface area contributed by atoms with Crippen molar-refractivity contribution in [3.63, 3.8) is 0 Å². The number of carbonyl (C=O) groups is 2. The molecule has 0 bridgehead atoms. The van der Waals surface area contributed by atoms with Crippen LogP contribution in [0.1, 0.15) is 27.5 Å². The lowest BCUT2D eigenvalue weighted by Gasteiger charge is -2.41. The van der Waals surface area contributed by atoms with Crippen molar-refractivity contribution in [2.45, 2.75) is 6.04 Å². The summed E-state index contributed by atoms with van der Waals surface area (Å²) in [6.45, 7) is 3.26. The van der Waals surface area contributed by atoms with Gasteiger partial charge in [0.25, 0.3) is 11.8 Å². The van der Waals surface area contributed by atoms with E-state index in [2.05, 4.69) is 27.0 Å². The minimum Gasteiger partial charge on any atom is -0.367 e. The molecule has 1 saturated heterocycles. The van der Waals surface area contributed by atoms with Crippen LogP contribution in [0, 0.1) is 5.82 Å². The molecule has 3 aromatic rings. The number of hydrogen-bond acceptors (Lipinski definition) is 6. The second kappa shape index (κ2) is 9.92. The van der Waals surface area contributed by atoms with E-state index in [4.69, 9.17) is 0 Å². The molecule has 9 heteroatoms. The first-order chi connectivity index (χ1) is 18.5. The van der Waals surface area contributed by atoms with Crippen LogP contribution in [0.3, 0.4) is 0 Å². The number of para-hydroxylation sites is 1. The quantitative estimate of drug-likeness (QED) is 0.496. The zero-order valence-corrected chi connectivity index (χ0v) is 21.1. The molecule has 0 aromatic heterocycles. The van der Waals surface area contributed by atoms with Crippen LogP contribution in [0.5, 0.6) is 0 Å². The zero-order valence-electron chi connectivity index (χ0n) is 21.1. The maximum atomic E-state index is 15.2. The van der Waals surface area contributed by atoms with E-state index in [0.29, 0.717) is 55.4 Å². The second-order valence-corrected chi connectivity index (χ2v) is 9.69. The molecule has 2 amide bonds. The van der Waals surface area contributed by atoms with Gasteiger partial charge in [-0.1, -0.05) is 36.4 Å². The Morgan fingerprint density at radius 1 is 0.974 bits per heavy atom. The number of carbonyl (C=O) groups excluding carboxylic acids is 2. The number of anilines is 3. The van der Waals surface area contributed by atoms with Gasteiger partial charge in [0.1, 0.15) is 11.5 Å². The molecule has 1 unspecified atom stereocenters. The lowest BCUT2D eigenvalue weighted by Crippen LogP contribution is -2.48. The summed E-state index contributed by atoms with van der Waals surface area (Å²) in [5, 5.41) is 7.49. The molecule has 3 N–H and O–H groups in total. The molecule has 0 aliphatic carbocycles. The van der Waals surface area contributed by atoms with Gasteiger partial charge >= 0.3 is 0 Å². The normalized spacial score (nSPS) is 19.3. The number of nitrogens with one attached hydrogen (secondary N) is 3. The lowest BCUT2D eigenvalue weighted by molar-refractivity contribution is -0.114. The van der Waals surface area contributed by atoms with Crippen molar-refractivity contribution in [3.05, 3.63) is 101 Å². The molecule has 0 spiro atoms. The monoisotopic (exact) mass is 512 g/mol. The Labute approximate surface area is 220 Å². The summed E-state index contributed by atoms with van der Waals surface area (Å²) in [5.41, 5.74) is 7.99. The van der Waals surface area contributed by atoms with Crippen LogP contribution in [-0.2, 0) is 4.79 Å². The van der Waals surface area contributed by atoms with Gasteiger partial charge in [0.2, 0.25) is 0 Å². The van der Waals surface area contributed by atoms with E-state index in [1.54, 1.807) is 30.3 Å². The van der Waals surface area contributed by atoms with E-state index in [1.807, 2.05) is 47.4 Å². The maximum absolute atomic E-state index is 15.2. The smallest absolute Gasteiger partial charge is 0.273 e. The van der Waals surface area contributed by atoms with Crippen molar-refractivity contribution in [1.82, 2.24) is 15.3 Å². The van der Waals surface area contributed by atoms with Crippen molar-refractivity contribution in [2.24, 2.45) is 0 Å². The Morgan fingerprint density at radius 3 is 2.45 bits per heavy atom. The fourth-order valence-electron chi connectivity index (χ4n) is 5.55. The van der Waals surface area contributed by atoms with Gasteiger partial charge < -0.3 is 20.5 Å². The molecule has 3 aliphatic rings. The minimum absolute atomic E-state index is 0.0801. The highest BCUT2D eigenvalue weighted by Crippen LogP contribution is 2.39. The number of likely N-dealkylation sites (N-methyl/N-ethyl adjacent to an activating group) is 1. The molecular weight excluding hydrogens is 483 g/mol. The fourth-order valence-corrected chi connectivity index (χ4v) is 5.55. The van der Waals surface area contributed by atoms with E-state index in [1.165, 1.54) is 6.07 Å². The third-order valence-corrected chi connectivity index (χ3v) is 7.45. The SMILES string of the molecule is CN1NCC=C1C(=O)Nc1ccc(N2CCN(C3c4ccccc4NC(=O)c4ccccc43)CC2)c(F)c1. The maximum Gasteiger partial charge on any atom is 0.273 e. The number of nitrogens with zero attached hydrogens (tertiary/aromatic N) is 3. The lowest BCUT2D eigenvalue weighted by atomic mass is 9.93. The molecule has 3 aliphatic heterocycles. The highest BCUT2D eigenvalue weighted by atomic mass is 19.1. The largest absolute Gasteiger partial charge is 0.367 e. The van der Waals surface area contributed by atoms with Crippen molar-refractivity contribution < 1.29 is 14.0 Å². The van der Waals surface area contributed by atoms with E-state index in [-0.39, 0.29) is 23.7 Å². The first-order valence-corrected chi connectivity index (χ1v) is 12.8. The summed E-state index contributed by atoms with van der Waals surface area (Å²) in [6, 6.07) is 20.4. The van der Waals surface area contributed by atoms with Gasteiger partial charge in [-0.15, -0.1) is 0 Å². The molecule has 8 nitrogen and oxygen atoms in total. The molecule has 1 atom stereocenters. The number of hydrazine groups is 1. The topological polar surface area (TPSA) is 80.0 Å². The zero-order chi connectivity index (χ0) is 26.2. The summed E-state index contributed by atoms with van der Waals surface area (Å²) >= 11 is 0. The van der Waals surface area contributed by atoms with Gasteiger partial charge in [0.15, 0.2) is 0 Å². The Morgan fingerprint density at radius 2 is 1.71 bits per heavy atom. The van der Waals surface area contributed by atoms with E-state index in [9.17, 15) is 9.59 Å². The molecule has 194 valence electrons. The number of fused-ring (bicyclic) bond motifs is 2. The number of piperazine rings is 1. The van der Waals surface area contributed by atoms with E-state index < -0.39 is 0 Å². The molecule has 1 fully saturated rings. The number of hydrogen-bond donors (Lipinski definition) is 3. The average Bonchev–Trinajstić information content (AvgIpc) is 3.31. The molecule has 6 rings (SSSR count). The van der Waals surface area contributed by atoms with Crippen LogP contribution in [0.25, 0.3) is 0 Å². The first-order valence-electron chi connectivity index (χ1n) is 12.8. The number of amides is 2. The van der Waals surface area contributed by atoms with Crippen molar-refractivity contribution >= 4 is 28.9 Å². The second-order valence-electron chi connectivity index (χ2n) is 9.69. The van der Waals surface area contributed by atoms with Gasteiger partial charge in [-0.2, -0.15) is 0 Å². The number of benzene rings is 3. The fraction of sp³-hybridized carbons (Fsp3) is 0.241. The van der Waals surface area contributed by atoms with Crippen molar-refractivity contribution in [3.8, 4) is 0 Å². The molecule has 38 heavy (non-hydrogen) atoms. The number of rotatable bonds is 4. The summed E-state index contributed by atoms with van der Waals surface area (Å²) in [4.78, 5) is 29.8. The number of halogens is 1. The van der Waals surface area contributed by atoms with Crippen LogP contribution < -0.4 is 21.0 Å². The molecule has 3 heterocycles. The predicted octanol–water partition coefficient (Wildman–Crippen LogP) is 3.58. The first kappa shape index (κ1) is 24.1. The van der Waals surface area contributed by atoms with Crippen LogP contribution in [-0.4, -0.2) is 61.5 Å². The highest BCUT2D eigenvalue weighted by Gasteiger charge is 2.33. The van der Waals surface area contributed by atoms with Crippen molar-refractivity contribution in [1.29, 1.82) is 0 Å². The Balaban J connectivity index is 1.19. The molecule has 0 saturated carbocycles. The van der Waals surface area contributed by atoms with Crippen LogP contribution >= 0.6 is 0 Å². The van der Waals surface area contributed by atoms with Gasteiger partial charge in [0, 0.05) is 56.7 Å². The molecular formula is C29H29FN6O2. The standard InChI is InChI=1S/C29H29FN6O2/c1-34-26(12-13-31-34)29(38)32-19-10-11-25(23(30)18-19)35-14-16-36(17-15-35)27-20-6-2-3-7-21(20)28(37)33-24-9-5-4-8-22(24)27/h2-12,18,27,31H,13-17H2,1H3,(H,32,38)(H,33,37). The van der Waals surface area contributed by atoms with E-state index >= 15 is 4.39 Å².